The van der Waals surface area contributed by atoms with Crippen molar-refractivity contribution in [1.29, 1.82) is 0 Å². The van der Waals surface area contributed by atoms with Crippen molar-refractivity contribution in [2.24, 2.45) is 5.92 Å². The number of aromatic nitrogens is 1. The molecule has 4 heterocycles. The second-order valence-corrected chi connectivity index (χ2v) is 8.37. The number of nitrogens with zero attached hydrogens (tertiary/aromatic N) is 2. The predicted molar refractivity (Wildman–Crippen MR) is 106 cm³/mol. The van der Waals surface area contributed by atoms with Gasteiger partial charge in [0.05, 0.1) is 12.7 Å². The number of ether oxygens (including phenoxy) is 1. The molecule has 1 aromatic rings. The number of amides is 2. The normalized spacial score (nSPS) is 24.8. The summed E-state index contributed by atoms with van der Waals surface area (Å²) >= 11 is 1.82. The minimum atomic E-state index is -0.00819. The van der Waals surface area contributed by atoms with Gasteiger partial charge in [-0.1, -0.05) is 13.0 Å². The summed E-state index contributed by atoms with van der Waals surface area (Å²) in [5, 5.41) is 5.40. The Bertz CT molecular complexity index is 802. The number of pyridine rings is 1. The van der Waals surface area contributed by atoms with Crippen molar-refractivity contribution in [3.63, 3.8) is 0 Å². The Kier molecular flexibility index (Phi) is 5.31. The molecule has 2 amide bonds. The summed E-state index contributed by atoms with van der Waals surface area (Å²) in [7, 11) is 0. The number of thioether (sulfide) groups is 1. The highest BCUT2D eigenvalue weighted by Gasteiger charge is 2.31. The van der Waals surface area contributed by atoms with Crippen LogP contribution in [0.4, 0.5) is 5.82 Å². The maximum absolute atomic E-state index is 12.3. The van der Waals surface area contributed by atoms with E-state index in [1.807, 2.05) is 17.8 Å². The monoisotopic (exact) mass is 385 g/mol. The average Bonchev–Trinajstić information content (AvgIpc) is 3.03. The maximum Gasteiger partial charge on any atom is 0.246 e. The molecule has 0 spiro atoms. The minimum absolute atomic E-state index is 0.000252. The summed E-state index contributed by atoms with van der Waals surface area (Å²) in [6, 6.07) is 1.97. The summed E-state index contributed by atoms with van der Waals surface area (Å²) in [5.74, 6) is 1.17. The third-order valence-corrected chi connectivity index (χ3v) is 6.39. The molecule has 1 aromatic heterocycles. The number of likely N-dealkylation sites (tertiary alicyclic amines) is 1. The Balaban J connectivity index is 1.24. The summed E-state index contributed by atoms with van der Waals surface area (Å²) < 4.78 is 5.92. The zero-order chi connectivity index (χ0) is 18.8. The van der Waals surface area contributed by atoms with Crippen LogP contribution in [0.15, 0.2) is 29.8 Å². The smallest absolute Gasteiger partial charge is 0.246 e. The molecule has 1 saturated heterocycles. The van der Waals surface area contributed by atoms with Gasteiger partial charge in [0.1, 0.15) is 5.82 Å². The van der Waals surface area contributed by atoms with Crippen LogP contribution in [0.5, 0.6) is 0 Å². The van der Waals surface area contributed by atoms with Gasteiger partial charge in [0.15, 0.2) is 0 Å². The lowest BCUT2D eigenvalue weighted by molar-refractivity contribution is -0.139. The van der Waals surface area contributed by atoms with E-state index >= 15 is 0 Å². The van der Waals surface area contributed by atoms with Gasteiger partial charge in [-0.3, -0.25) is 9.59 Å². The number of allylic oxidation sites excluding steroid dienone is 1. The van der Waals surface area contributed by atoms with E-state index in [0.29, 0.717) is 42.9 Å². The summed E-state index contributed by atoms with van der Waals surface area (Å²) in [5.41, 5.74) is 1.88. The molecule has 0 aliphatic carbocycles. The number of carbonyl (C=O) groups is 2. The van der Waals surface area contributed by atoms with E-state index in [4.69, 9.17) is 4.74 Å². The van der Waals surface area contributed by atoms with Gasteiger partial charge in [-0.15, -0.1) is 11.8 Å². The SMILES string of the molecule is CC1C=CSC1COC1CN(C(=O)/C=C/c2cnc3c(c2)CCC(=O)N3)C1. The number of rotatable bonds is 5. The molecule has 4 rings (SSSR count). The van der Waals surface area contributed by atoms with Crippen LogP contribution < -0.4 is 5.32 Å². The fourth-order valence-corrected chi connectivity index (χ4v) is 4.34. The van der Waals surface area contributed by atoms with Crippen molar-refractivity contribution < 1.29 is 14.3 Å². The second kappa shape index (κ2) is 7.86. The van der Waals surface area contributed by atoms with Crippen molar-refractivity contribution in [3.05, 3.63) is 41.0 Å². The lowest BCUT2D eigenvalue weighted by atomic mass is 10.0. The fraction of sp³-hybridized carbons (Fsp3) is 0.450. The number of hydrogen-bond donors (Lipinski definition) is 1. The highest BCUT2D eigenvalue weighted by atomic mass is 32.2. The van der Waals surface area contributed by atoms with E-state index in [1.54, 1.807) is 23.2 Å². The van der Waals surface area contributed by atoms with Gasteiger partial charge in [0.2, 0.25) is 11.8 Å². The number of nitrogens with one attached hydrogen (secondary N) is 1. The van der Waals surface area contributed by atoms with Crippen molar-refractivity contribution in [2.45, 2.75) is 31.1 Å². The van der Waals surface area contributed by atoms with Crippen molar-refractivity contribution in [1.82, 2.24) is 9.88 Å². The van der Waals surface area contributed by atoms with Gasteiger partial charge in [-0.05, 0) is 41.0 Å². The molecule has 1 fully saturated rings. The van der Waals surface area contributed by atoms with Crippen LogP contribution in [0.25, 0.3) is 6.08 Å². The Morgan fingerprint density at radius 3 is 3.07 bits per heavy atom. The van der Waals surface area contributed by atoms with Crippen LogP contribution in [-0.4, -0.2) is 52.7 Å². The van der Waals surface area contributed by atoms with Crippen LogP contribution in [-0.2, 0) is 20.7 Å². The molecule has 7 heteroatoms. The lowest BCUT2D eigenvalue weighted by Gasteiger charge is -2.38. The largest absolute Gasteiger partial charge is 0.373 e. The molecule has 3 aliphatic rings. The van der Waals surface area contributed by atoms with E-state index in [0.717, 1.165) is 17.7 Å². The Morgan fingerprint density at radius 2 is 2.30 bits per heavy atom. The standard InChI is InChI=1S/C20H23N3O3S/c1-13-6-7-27-17(13)12-26-16-10-23(11-16)19(25)5-2-14-8-15-3-4-18(24)22-20(15)21-9-14/h2,5-9,13,16-17H,3-4,10-12H2,1H3,(H,21,22,24)/b5-2+. The van der Waals surface area contributed by atoms with Crippen LogP contribution in [0.1, 0.15) is 24.5 Å². The first-order valence-electron chi connectivity index (χ1n) is 9.28. The van der Waals surface area contributed by atoms with E-state index in [9.17, 15) is 9.59 Å². The van der Waals surface area contributed by atoms with E-state index in [-0.39, 0.29) is 17.9 Å². The Hall–Kier alpha value is -2.12. The molecule has 0 radical (unpaired) electrons. The highest BCUT2D eigenvalue weighted by Crippen LogP contribution is 2.30. The molecule has 0 saturated carbocycles. The Labute approximate surface area is 163 Å². The number of carbonyl (C=O) groups excluding carboxylic acids is 2. The number of fused-ring (bicyclic) bond motifs is 1. The van der Waals surface area contributed by atoms with E-state index in [1.165, 1.54) is 0 Å². The first-order chi connectivity index (χ1) is 13.1. The van der Waals surface area contributed by atoms with Crippen LogP contribution >= 0.6 is 11.8 Å². The van der Waals surface area contributed by atoms with Gasteiger partial charge >= 0.3 is 0 Å². The molecule has 0 bridgehead atoms. The Morgan fingerprint density at radius 1 is 1.44 bits per heavy atom. The summed E-state index contributed by atoms with van der Waals surface area (Å²) in [6.45, 7) is 4.24. The van der Waals surface area contributed by atoms with Crippen LogP contribution in [0.3, 0.4) is 0 Å². The molecule has 3 aliphatic heterocycles. The van der Waals surface area contributed by atoms with Gasteiger partial charge < -0.3 is 15.0 Å². The molecule has 27 heavy (non-hydrogen) atoms. The first-order valence-corrected chi connectivity index (χ1v) is 10.2. The highest BCUT2D eigenvalue weighted by molar-refractivity contribution is 8.03. The molecule has 2 unspecified atom stereocenters. The van der Waals surface area contributed by atoms with Crippen LogP contribution in [0, 0.1) is 5.92 Å². The maximum atomic E-state index is 12.3. The topological polar surface area (TPSA) is 71.5 Å². The number of anilines is 1. The first kappa shape index (κ1) is 18.3. The average molecular weight is 385 g/mol. The molecule has 2 atom stereocenters. The third-order valence-electron chi connectivity index (χ3n) is 5.16. The number of hydrogen-bond acceptors (Lipinski definition) is 5. The van der Waals surface area contributed by atoms with Gasteiger partial charge in [-0.2, -0.15) is 0 Å². The van der Waals surface area contributed by atoms with Gasteiger partial charge in [0.25, 0.3) is 0 Å². The van der Waals surface area contributed by atoms with Gasteiger partial charge in [0, 0.05) is 37.0 Å². The van der Waals surface area contributed by atoms with Gasteiger partial charge in [-0.25, -0.2) is 4.98 Å². The molecular formula is C20H23N3O3S. The lowest BCUT2D eigenvalue weighted by Crippen LogP contribution is -2.54. The van der Waals surface area contributed by atoms with Crippen molar-refractivity contribution in [3.8, 4) is 0 Å². The van der Waals surface area contributed by atoms with Crippen LogP contribution in [0.2, 0.25) is 0 Å². The zero-order valence-corrected chi connectivity index (χ0v) is 16.1. The number of aryl methyl sites for hydroxylation is 1. The summed E-state index contributed by atoms with van der Waals surface area (Å²) in [4.78, 5) is 29.7. The molecule has 1 N–H and O–H groups in total. The van der Waals surface area contributed by atoms with E-state index < -0.39 is 0 Å². The summed E-state index contributed by atoms with van der Waals surface area (Å²) in [6.07, 6.45) is 8.55. The predicted octanol–water partition coefficient (Wildman–Crippen LogP) is 2.47. The minimum Gasteiger partial charge on any atom is -0.373 e. The second-order valence-electron chi connectivity index (χ2n) is 7.22. The fourth-order valence-electron chi connectivity index (χ4n) is 3.30. The quantitative estimate of drug-likeness (QED) is 0.789. The third kappa shape index (κ3) is 4.25. The zero-order valence-electron chi connectivity index (χ0n) is 15.3. The van der Waals surface area contributed by atoms with Crippen molar-refractivity contribution in [2.75, 3.05) is 25.0 Å². The molecule has 0 aromatic carbocycles. The van der Waals surface area contributed by atoms with Crippen molar-refractivity contribution >= 4 is 35.5 Å². The molecule has 6 nitrogen and oxygen atoms in total. The van der Waals surface area contributed by atoms with E-state index in [2.05, 4.69) is 28.7 Å². The molecule has 142 valence electrons. The molecular weight excluding hydrogens is 362 g/mol.